The van der Waals surface area contributed by atoms with Crippen molar-refractivity contribution in [1.82, 2.24) is 15.1 Å². The fraction of sp³-hybridized carbons (Fsp3) is 0.261. The smallest absolute Gasteiger partial charge is 0.387 e. The summed E-state index contributed by atoms with van der Waals surface area (Å²) in [4.78, 5) is 14.3. The summed E-state index contributed by atoms with van der Waals surface area (Å²) in [6, 6.07) is 11.5. The highest BCUT2D eigenvalue weighted by molar-refractivity contribution is 6.33. The van der Waals surface area contributed by atoms with Crippen LogP contribution in [-0.2, 0) is 11.3 Å². The molecule has 3 rings (SSSR count). The van der Waals surface area contributed by atoms with E-state index in [2.05, 4.69) is 14.9 Å². The summed E-state index contributed by atoms with van der Waals surface area (Å²) in [5.74, 6) is 0.312. The second kappa shape index (κ2) is 11.4. The molecule has 1 amide bonds. The van der Waals surface area contributed by atoms with Crippen molar-refractivity contribution in [3.63, 3.8) is 0 Å². The van der Waals surface area contributed by atoms with Crippen LogP contribution in [-0.4, -0.2) is 41.3 Å². The maximum Gasteiger partial charge on any atom is 0.387 e. The molecule has 3 aromatic rings. The van der Waals surface area contributed by atoms with E-state index in [9.17, 15) is 13.6 Å². The largest absolute Gasteiger partial charge is 0.493 e. The number of methoxy groups -OCH3 is 1. The van der Waals surface area contributed by atoms with Crippen LogP contribution in [0.4, 0.5) is 8.78 Å². The lowest BCUT2D eigenvalue weighted by atomic mass is 10.2. The number of halogens is 3. The zero-order valence-corrected chi connectivity index (χ0v) is 18.8. The van der Waals surface area contributed by atoms with Gasteiger partial charge in [0.15, 0.2) is 11.5 Å². The van der Waals surface area contributed by atoms with Crippen molar-refractivity contribution in [1.29, 1.82) is 0 Å². The summed E-state index contributed by atoms with van der Waals surface area (Å²) in [5.41, 5.74) is 1.19. The SMILES string of the molecule is CCCN(Cc1nnc(-c2ccccc2Cl)o1)C(=O)C=Cc1ccc(OC(F)F)c(OC)c1. The van der Waals surface area contributed by atoms with E-state index in [0.717, 1.165) is 6.42 Å². The Balaban J connectivity index is 1.72. The Hall–Kier alpha value is -3.46. The van der Waals surface area contributed by atoms with Gasteiger partial charge in [0.1, 0.15) is 0 Å². The van der Waals surface area contributed by atoms with Gasteiger partial charge in [-0.25, -0.2) is 0 Å². The lowest BCUT2D eigenvalue weighted by Crippen LogP contribution is -2.29. The summed E-state index contributed by atoms with van der Waals surface area (Å²) in [6.45, 7) is -0.427. The third kappa shape index (κ3) is 6.52. The Morgan fingerprint density at radius 3 is 2.70 bits per heavy atom. The first-order valence-corrected chi connectivity index (χ1v) is 10.5. The molecule has 0 fully saturated rings. The van der Waals surface area contributed by atoms with Gasteiger partial charge in [-0.15, -0.1) is 10.2 Å². The van der Waals surface area contributed by atoms with Crippen LogP contribution in [0, 0.1) is 0 Å². The average molecular weight is 478 g/mol. The number of alkyl halides is 2. The van der Waals surface area contributed by atoms with Crippen LogP contribution in [0.25, 0.3) is 17.5 Å². The van der Waals surface area contributed by atoms with Crippen molar-refractivity contribution in [2.24, 2.45) is 0 Å². The van der Waals surface area contributed by atoms with E-state index < -0.39 is 6.61 Å². The molecule has 0 saturated carbocycles. The molecule has 0 aliphatic heterocycles. The minimum atomic E-state index is -2.97. The van der Waals surface area contributed by atoms with Gasteiger partial charge >= 0.3 is 6.61 Å². The van der Waals surface area contributed by atoms with Gasteiger partial charge in [0.05, 0.1) is 24.2 Å². The lowest BCUT2D eigenvalue weighted by molar-refractivity contribution is -0.126. The molecule has 0 atom stereocenters. The third-order valence-electron chi connectivity index (χ3n) is 4.52. The van der Waals surface area contributed by atoms with Gasteiger partial charge in [-0.3, -0.25) is 4.79 Å². The molecule has 7 nitrogen and oxygen atoms in total. The zero-order valence-electron chi connectivity index (χ0n) is 18.0. The van der Waals surface area contributed by atoms with E-state index in [-0.39, 0.29) is 35.7 Å². The molecule has 0 aliphatic carbocycles. The maximum atomic E-state index is 12.8. The quantitative estimate of drug-likeness (QED) is 0.361. The monoisotopic (exact) mass is 477 g/mol. The molecule has 0 unspecified atom stereocenters. The van der Waals surface area contributed by atoms with E-state index >= 15 is 0 Å². The second-order valence-corrected chi connectivity index (χ2v) is 7.27. The molecule has 0 bridgehead atoms. The summed E-state index contributed by atoms with van der Waals surface area (Å²) < 4.78 is 40.2. The number of nitrogens with zero attached hydrogens (tertiary/aromatic N) is 3. The van der Waals surface area contributed by atoms with Crippen molar-refractivity contribution in [2.75, 3.05) is 13.7 Å². The van der Waals surface area contributed by atoms with Crippen LogP contribution < -0.4 is 9.47 Å². The number of hydrogen-bond acceptors (Lipinski definition) is 6. The molecule has 33 heavy (non-hydrogen) atoms. The van der Waals surface area contributed by atoms with Crippen molar-refractivity contribution in [2.45, 2.75) is 26.5 Å². The van der Waals surface area contributed by atoms with Crippen molar-refractivity contribution >= 4 is 23.6 Å². The third-order valence-corrected chi connectivity index (χ3v) is 4.85. The minimum Gasteiger partial charge on any atom is -0.493 e. The molecule has 0 spiro atoms. The number of ether oxygens (including phenoxy) is 2. The van der Waals surface area contributed by atoms with Gasteiger partial charge in [0.25, 0.3) is 0 Å². The van der Waals surface area contributed by atoms with Gasteiger partial charge in [-0.05, 0) is 42.3 Å². The van der Waals surface area contributed by atoms with E-state index in [1.165, 1.54) is 25.3 Å². The number of carbonyl (C=O) groups excluding carboxylic acids is 1. The predicted molar refractivity (Wildman–Crippen MR) is 119 cm³/mol. The van der Waals surface area contributed by atoms with Gasteiger partial charge < -0.3 is 18.8 Å². The first-order chi connectivity index (χ1) is 15.9. The molecule has 0 saturated heterocycles. The topological polar surface area (TPSA) is 77.7 Å². The Morgan fingerprint density at radius 2 is 2.00 bits per heavy atom. The summed E-state index contributed by atoms with van der Waals surface area (Å²) in [5, 5.41) is 8.54. The number of aromatic nitrogens is 2. The number of hydrogen-bond donors (Lipinski definition) is 0. The van der Waals surface area contributed by atoms with Crippen LogP contribution in [0.2, 0.25) is 5.02 Å². The normalized spacial score (nSPS) is 11.2. The predicted octanol–water partition coefficient (Wildman–Crippen LogP) is 5.45. The minimum absolute atomic E-state index is 0.0886. The Kier molecular flexibility index (Phi) is 8.37. The van der Waals surface area contributed by atoms with E-state index in [4.69, 9.17) is 20.8 Å². The van der Waals surface area contributed by atoms with E-state index in [1.807, 2.05) is 13.0 Å². The molecule has 2 aromatic carbocycles. The van der Waals surface area contributed by atoms with Crippen molar-refractivity contribution < 1.29 is 27.5 Å². The van der Waals surface area contributed by atoms with Crippen LogP contribution in [0.15, 0.2) is 53.0 Å². The molecule has 1 aromatic heterocycles. The first kappa shape index (κ1) is 24.2. The summed E-state index contributed by atoms with van der Waals surface area (Å²) in [6.07, 6.45) is 3.66. The molecular formula is C23H22ClF2N3O4. The molecular weight excluding hydrogens is 456 g/mol. The van der Waals surface area contributed by atoms with E-state index in [0.29, 0.717) is 22.7 Å². The molecule has 1 heterocycles. The average Bonchev–Trinajstić information content (AvgIpc) is 3.26. The molecule has 0 N–H and O–H groups in total. The highest BCUT2D eigenvalue weighted by atomic mass is 35.5. The maximum absolute atomic E-state index is 12.8. The van der Waals surface area contributed by atoms with Crippen LogP contribution in [0.3, 0.4) is 0 Å². The standard InChI is InChI=1S/C23H22ClF2N3O4/c1-3-12-29(14-20-27-28-22(33-20)16-6-4-5-7-17(16)24)21(30)11-9-15-8-10-18(32-23(25)26)19(13-15)31-2/h4-11,13,23H,3,12,14H2,1-2H3. The number of carbonyl (C=O) groups is 1. The molecule has 0 aliphatic rings. The molecule has 10 heteroatoms. The van der Waals surface area contributed by atoms with Gasteiger partial charge in [-0.2, -0.15) is 8.78 Å². The van der Waals surface area contributed by atoms with Gasteiger partial charge in [-0.1, -0.05) is 36.7 Å². The highest BCUT2D eigenvalue weighted by Gasteiger charge is 2.17. The highest BCUT2D eigenvalue weighted by Crippen LogP contribution is 2.30. The Morgan fingerprint density at radius 1 is 1.21 bits per heavy atom. The second-order valence-electron chi connectivity index (χ2n) is 6.86. The number of amides is 1. The van der Waals surface area contributed by atoms with Crippen molar-refractivity contribution in [3.05, 3.63) is 65.0 Å². The Labute approximate surface area is 194 Å². The fourth-order valence-electron chi connectivity index (χ4n) is 3.02. The summed E-state index contributed by atoms with van der Waals surface area (Å²) in [7, 11) is 1.34. The fourth-order valence-corrected chi connectivity index (χ4v) is 3.23. The number of rotatable bonds is 10. The van der Waals surface area contributed by atoms with E-state index in [1.54, 1.807) is 35.2 Å². The van der Waals surface area contributed by atoms with Gasteiger partial charge in [0, 0.05) is 12.6 Å². The Bertz CT molecular complexity index is 1120. The molecule has 174 valence electrons. The lowest BCUT2D eigenvalue weighted by Gasteiger charge is -2.18. The van der Waals surface area contributed by atoms with Crippen LogP contribution in [0.5, 0.6) is 11.5 Å². The summed E-state index contributed by atoms with van der Waals surface area (Å²) >= 11 is 6.17. The van der Waals surface area contributed by atoms with Crippen molar-refractivity contribution in [3.8, 4) is 23.0 Å². The first-order valence-electron chi connectivity index (χ1n) is 10.1. The zero-order chi connectivity index (χ0) is 23.8. The van der Waals surface area contributed by atoms with Crippen LogP contribution in [0.1, 0.15) is 24.8 Å². The molecule has 0 radical (unpaired) electrons. The van der Waals surface area contributed by atoms with Crippen LogP contribution >= 0.6 is 11.6 Å². The van der Waals surface area contributed by atoms with Gasteiger partial charge in [0.2, 0.25) is 17.7 Å². The number of benzene rings is 2.